The summed E-state index contributed by atoms with van der Waals surface area (Å²) in [6.07, 6.45) is 5.21. The van der Waals surface area contributed by atoms with Gasteiger partial charge >= 0.3 is 5.69 Å². The highest BCUT2D eigenvalue weighted by Gasteiger charge is 2.23. The Morgan fingerprint density at radius 3 is 2.52 bits per heavy atom. The van der Waals surface area contributed by atoms with Crippen LogP contribution in [0.1, 0.15) is 47.6 Å². The molecule has 0 fully saturated rings. The van der Waals surface area contributed by atoms with E-state index in [0.29, 0.717) is 25.2 Å². The topological polar surface area (TPSA) is 84.2 Å². The van der Waals surface area contributed by atoms with Gasteiger partial charge in [0, 0.05) is 23.6 Å². The van der Waals surface area contributed by atoms with Gasteiger partial charge in [-0.25, -0.2) is 4.79 Å². The molecule has 2 N–H and O–H groups in total. The molecule has 5 rings (SSSR count). The maximum Gasteiger partial charge on any atom is 0.325 e. The molecule has 1 atom stereocenters. The molecular weight excluding hydrogens is 392 g/mol. The SMILES string of the molecule is O=c1[nH]c(C2CC=C(c3ccc4c(c3)OCCO4)CC2)c(Cc2ccccc2)c(=O)[nH]1. The highest BCUT2D eigenvalue weighted by molar-refractivity contribution is 5.69. The number of nitrogens with one attached hydrogen (secondary N) is 2. The lowest BCUT2D eigenvalue weighted by molar-refractivity contribution is 0.171. The van der Waals surface area contributed by atoms with E-state index >= 15 is 0 Å². The predicted molar refractivity (Wildman–Crippen MR) is 119 cm³/mol. The highest BCUT2D eigenvalue weighted by atomic mass is 16.6. The van der Waals surface area contributed by atoms with Gasteiger partial charge in [-0.3, -0.25) is 9.78 Å². The third kappa shape index (κ3) is 4.06. The highest BCUT2D eigenvalue weighted by Crippen LogP contribution is 2.39. The summed E-state index contributed by atoms with van der Waals surface area (Å²) in [5.74, 6) is 1.68. The van der Waals surface area contributed by atoms with Crippen molar-refractivity contribution in [2.24, 2.45) is 0 Å². The molecule has 1 unspecified atom stereocenters. The van der Waals surface area contributed by atoms with Crippen LogP contribution in [-0.4, -0.2) is 23.2 Å². The van der Waals surface area contributed by atoms with Crippen LogP contribution in [0, 0.1) is 0 Å². The molecule has 6 heteroatoms. The second kappa shape index (κ2) is 8.30. The Morgan fingerprint density at radius 2 is 1.74 bits per heavy atom. The van der Waals surface area contributed by atoms with E-state index < -0.39 is 5.69 Å². The number of H-pyrrole nitrogens is 2. The molecular formula is C25H24N2O4. The van der Waals surface area contributed by atoms with Gasteiger partial charge in [-0.2, -0.15) is 0 Å². The van der Waals surface area contributed by atoms with E-state index in [1.54, 1.807) is 0 Å². The van der Waals surface area contributed by atoms with E-state index in [4.69, 9.17) is 9.47 Å². The van der Waals surface area contributed by atoms with Crippen LogP contribution in [0.5, 0.6) is 11.5 Å². The lowest BCUT2D eigenvalue weighted by Gasteiger charge is -2.25. The monoisotopic (exact) mass is 416 g/mol. The molecule has 3 aromatic rings. The second-order valence-corrected chi connectivity index (χ2v) is 8.02. The van der Waals surface area contributed by atoms with Crippen molar-refractivity contribution in [2.75, 3.05) is 13.2 Å². The maximum absolute atomic E-state index is 12.6. The number of hydrogen-bond donors (Lipinski definition) is 2. The predicted octanol–water partition coefficient (Wildman–Crippen LogP) is 3.78. The first-order valence-electron chi connectivity index (χ1n) is 10.7. The van der Waals surface area contributed by atoms with Crippen molar-refractivity contribution in [3.05, 3.63) is 97.8 Å². The fourth-order valence-electron chi connectivity index (χ4n) is 4.46. The van der Waals surface area contributed by atoms with E-state index in [0.717, 1.165) is 47.6 Å². The number of fused-ring (bicyclic) bond motifs is 1. The molecule has 158 valence electrons. The van der Waals surface area contributed by atoms with Gasteiger partial charge in [0.1, 0.15) is 13.2 Å². The van der Waals surface area contributed by atoms with E-state index in [1.165, 1.54) is 5.57 Å². The molecule has 1 aromatic heterocycles. The van der Waals surface area contributed by atoms with Crippen LogP contribution in [0.2, 0.25) is 0 Å². The quantitative estimate of drug-likeness (QED) is 0.678. The van der Waals surface area contributed by atoms with Gasteiger partial charge in [0.2, 0.25) is 0 Å². The third-order valence-corrected chi connectivity index (χ3v) is 6.03. The number of ether oxygens (including phenoxy) is 2. The minimum Gasteiger partial charge on any atom is -0.486 e. The third-order valence-electron chi connectivity index (χ3n) is 6.03. The van der Waals surface area contributed by atoms with Crippen LogP contribution in [-0.2, 0) is 6.42 Å². The summed E-state index contributed by atoms with van der Waals surface area (Å²) in [4.78, 5) is 30.0. The largest absolute Gasteiger partial charge is 0.486 e. The Hall–Kier alpha value is -3.54. The van der Waals surface area contributed by atoms with Gasteiger partial charge in [-0.1, -0.05) is 42.5 Å². The number of benzene rings is 2. The molecule has 0 saturated carbocycles. The summed E-state index contributed by atoms with van der Waals surface area (Å²) >= 11 is 0. The number of allylic oxidation sites excluding steroid dienone is 2. The average molecular weight is 416 g/mol. The average Bonchev–Trinajstić information content (AvgIpc) is 2.81. The maximum atomic E-state index is 12.6. The van der Waals surface area contributed by atoms with Crippen molar-refractivity contribution in [2.45, 2.75) is 31.6 Å². The second-order valence-electron chi connectivity index (χ2n) is 8.02. The van der Waals surface area contributed by atoms with Crippen molar-refractivity contribution >= 4 is 5.57 Å². The van der Waals surface area contributed by atoms with Gasteiger partial charge in [0.25, 0.3) is 5.56 Å². The Morgan fingerprint density at radius 1 is 0.935 bits per heavy atom. The van der Waals surface area contributed by atoms with Crippen molar-refractivity contribution in [3.63, 3.8) is 0 Å². The van der Waals surface area contributed by atoms with Crippen molar-refractivity contribution in [1.82, 2.24) is 9.97 Å². The van der Waals surface area contributed by atoms with Crippen LogP contribution >= 0.6 is 0 Å². The van der Waals surface area contributed by atoms with E-state index in [1.807, 2.05) is 42.5 Å². The van der Waals surface area contributed by atoms with Crippen LogP contribution in [0.25, 0.3) is 5.57 Å². The zero-order valence-corrected chi connectivity index (χ0v) is 17.1. The van der Waals surface area contributed by atoms with Crippen LogP contribution in [0.4, 0.5) is 0 Å². The summed E-state index contributed by atoms with van der Waals surface area (Å²) in [7, 11) is 0. The molecule has 31 heavy (non-hydrogen) atoms. The molecule has 1 aliphatic carbocycles. The summed E-state index contributed by atoms with van der Waals surface area (Å²) in [6, 6.07) is 15.9. The molecule has 0 saturated heterocycles. The van der Waals surface area contributed by atoms with E-state index in [2.05, 4.69) is 22.1 Å². The van der Waals surface area contributed by atoms with E-state index in [-0.39, 0.29) is 11.5 Å². The normalized spacial score (nSPS) is 17.8. The Kier molecular flexibility index (Phi) is 5.20. The van der Waals surface area contributed by atoms with Gasteiger partial charge in [-0.05, 0) is 48.1 Å². The summed E-state index contributed by atoms with van der Waals surface area (Å²) < 4.78 is 11.3. The van der Waals surface area contributed by atoms with Crippen LogP contribution in [0.15, 0.2) is 64.2 Å². The summed E-state index contributed by atoms with van der Waals surface area (Å²) in [5.41, 5.74) is 4.09. The molecule has 0 bridgehead atoms. The first-order chi connectivity index (χ1) is 15.2. The number of rotatable bonds is 4. The molecule has 6 nitrogen and oxygen atoms in total. The Labute approximate surface area is 179 Å². The Balaban J connectivity index is 1.42. The lowest BCUT2D eigenvalue weighted by Crippen LogP contribution is -2.30. The Bertz CT molecular complexity index is 1240. The van der Waals surface area contributed by atoms with Crippen LogP contribution in [0.3, 0.4) is 0 Å². The molecule has 1 aliphatic heterocycles. The summed E-state index contributed by atoms with van der Waals surface area (Å²) in [6.45, 7) is 1.15. The fraction of sp³-hybridized carbons (Fsp3) is 0.280. The molecule has 0 spiro atoms. The standard InChI is InChI=1S/C25H24N2O4/c28-24-20(14-16-4-2-1-3-5-16)23(26-25(29)27-24)18-8-6-17(7-9-18)19-10-11-21-22(15-19)31-13-12-30-21/h1-6,10-11,15,18H,7-9,12-14H2,(H2,26,27,28,29). The summed E-state index contributed by atoms with van der Waals surface area (Å²) in [5, 5.41) is 0. The van der Waals surface area contributed by atoms with Gasteiger partial charge < -0.3 is 14.5 Å². The number of aromatic amines is 2. The first-order valence-corrected chi connectivity index (χ1v) is 10.7. The van der Waals surface area contributed by atoms with Gasteiger partial charge in [0.05, 0.1) is 0 Å². The zero-order chi connectivity index (χ0) is 21.2. The molecule has 2 aliphatic rings. The molecule has 0 amide bonds. The zero-order valence-electron chi connectivity index (χ0n) is 17.1. The van der Waals surface area contributed by atoms with Crippen molar-refractivity contribution in [3.8, 4) is 11.5 Å². The van der Waals surface area contributed by atoms with Crippen molar-refractivity contribution < 1.29 is 9.47 Å². The minimum atomic E-state index is -0.446. The van der Waals surface area contributed by atoms with E-state index in [9.17, 15) is 9.59 Å². The fourth-order valence-corrected chi connectivity index (χ4v) is 4.46. The number of aromatic nitrogens is 2. The minimum absolute atomic E-state index is 0.106. The number of hydrogen-bond acceptors (Lipinski definition) is 4. The smallest absolute Gasteiger partial charge is 0.325 e. The molecule has 0 radical (unpaired) electrons. The van der Waals surface area contributed by atoms with Gasteiger partial charge in [-0.15, -0.1) is 0 Å². The van der Waals surface area contributed by atoms with Crippen molar-refractivity contribution in [1.29, 1.82) is 0 Å². The first kappa shape index (κ1) is 19.4. The van der Waals surface area contributed by atoms with Crippen LogP contribution < -0.4 is 20.7 Å². The molecule has 2 heterocycles. The molecule has 2 aromatic carbocycles. The lowest BCUT2D eigenvalue weighted by atomic mass is 9.83. The van der Waals surface area contributed by atoms with Gasteiger partial charge in [0.15, 0.2) is 11.5 Å².